The van der Waals surface area contributed by atoms with Gasteiger partial charge in [0.25, 0.3) is 0 Å². The van der Waals surface area contributed by atoms with Crippen LogP contribution in [-0.2, 0) is 5.41 Å². The maximum absolute atomic E-state index is 13.0. The van der Waals surface area contributed by atoms with Crippen LogP contribution in [-0.4, -0.2) is 13.1 Å². The van der Waals surface area contributed by atoms with Crippen LogP contribution in [0.15, 0.2) is 24.3 Å². The van der Waals surface area contributed by atoms with E-state index < -0.39 is 0 Å². The van der Waals surface area contributed by atoms with E-state index in [1.54, 1.807) is 12.1 Å². The zero-order chi connectivity index (χ0) is 13.2. The van der Waals surface area contributed by atoms with Crippen molar-refractivity contribution in [1.82, 2.24) is 5.32 Å². The Morgan fingerprint density at radius 1 is 1.28 bits per heavy atom. The molecule has 0 unspecified atom stereocenters. The zero-order valence-electron chi connectivity index (χ0n) is 11.7. The van der Waals surface area contributed by atoms with Crippen LogP contribution in [0.3, 0.4) is 0 Å². The van der Waals surface area contributed by atoms with Crippen LogP contribution in [0.2, 0.25) is 0 Å². The van der Waals surface area contributed by atoms with Crippen molar-refractivity contribution in [2.75, 3.05) is 13.1 Å². The Morgan fingerprint density at radius 3 is 2.39 bits per heavy atom. The molecule has 0 aromatic heterocycles. The molecule has 0 saturated heterocycles. The van der Waals surface area contributed by atoms with Gasteiger partial charge in [-0.05, 0) is 48.9 Å². The van der Waals surface area contributed by atoms with Crippen LogP contribution in [0, 0.1) is 17.7 Å². The van der Waals surface area contributed by atoms with Gasteiger partial charge in [-0.3, -0.25) is 0 Å². The predicted octanol–water partition coefficient (Wildman–Crippen LogP) is 3.74. The first-order valence-corrected chi connectivity index (χ1v) is 6.98. The third-order valence-corrected chi connectivity index (χ3v) is 3.95. The quantitative estimate of drug-likeness (QED) is 0.838. The number of hydrogen-bond donors (Lipinski definition) is 1. The van der Waals surface area contributed by atoms with E-state index in [0.29, 0.717) is 5.92 Å². The molecule has 1 aliphatic carbocycles. The fourth-order valence-electron chi connectivity index (χ4n) is 3.16. The summed E-state index contributed by atoms with van der Waals surface area (Å²) in [6.07, 6.45) is 2.42. The molecule has 1 saturated carbocycles. The zero-order valence-corrected chi connectivity index (χ0v) is 11.7. The number of hydrogen-bond acceptors (Lipinski definition) is 1. The third-order valence-electron chi connectivity index (χ3n) is 3.95. The summed E-state index contributed by atoms with van der Waals surface area (Å²) in [5.74, 6) is 1.32. The van der Waals surface area contributed by atoms with Gasteiger partial charge < -0.3 is 5.32 Å². The minimum absolute atomic E-state index is 0.142. The second-order valence-corrected chi connectivity index (χ2v) is 6.33. The molecule has 0 spiro atoms. The standard InChI is InChI=1S/C16H24FN/c1-12(2)10-18-11-16(8-13(3)9-16)14-4-6-15(17)7-5-14/h4-7,12-13,18H,8-11H2,1-3H3. The lowest BCUT2D eigenvalue weighted by molar-refractivity contribution is 0.151. The first kappa shape index (κ1) is 13.5. The monoisotopic (exact) mass is 249 g/mol. The average Bonchev–Trinajstić information content (AvgIpc) is 2.26. The molecular formula is C16H24FN. The maximum atomic E-state index is 13.0. The number of nitrogens with one attached hydrogen (secondary N) is 1. The Kier molecular flexibility index (Phi) is 4.06. The molecule has 1 N–H and O–H groups in total. The molecule has 2 heteroatoms. The van der Waals surface area contributed by atoms with E-state index in [4.69, 9.17) is 0 Å². The molecule has 0 heterocycles. The van der Waals surface area contributed by atoms with Crippen LogP contribution in [0.4, 0.5) is 4.39 Å². The lowest BCUT2D eigenvalue weighted by Crippen LogP contribution is -2.48. The third kappa shape index (κ3) is 2.92. The van der Waals surface area contributed by atoms with Gasteiger partial charge in [0, 0.05) is 12.0 Å². The van der Waals surface area contributed by atoms with E-state index in [1.807, 2.05) is 12.1 Å². The largest absolute Gasteiger partial charge is 0.316 e. The van der Waals surface area contributed by atoms with E-state index in [2.05, 4.69) is 26.1 Å². The van der Waals surface area contributed by atoms with Gasteiger partial charge in [0.05, 0.1) is 0 Å². The highest BCUT2D eigenvalue weighted by atomic mass is 19.1. The summed E-state index contributed by atoms with van der Waals surface area (Å²) in [6, 6.07) is 7.08. The number of halogens is 1. The molecule has 1 fully saturated rings. The summed E-state index contributed by atoms with van der Waals surface area (Å²) in [5, 5.41) is 3.57. The SMILES string of the molecule is CC(C)CNCC1(c2ccc(F)cc2)CC(C)C1. The van der Waals surface area contributed by atoms with E-state index in [-0.39, 0.29) is 11.2 Å². The van der Waals surface area contributed by atoms with Crippen LogP contribution in [0.5, 0.6) is 0 Å². The van der Waals surface area contributed by atoms with Gasteiger partial charge >= 0.3 is 0 Å². The van der Waals surface area contributed by atoms with Crippen molar-refractivity contribution < 1.29 is 4.39 Å². The molecule has 2 rings (SSSR count). The summed E-state index contributed by atoms with van der Waals surface area (Å²) < 4.78 is 13.0. The summed E-state index contributed by atoms with van der Waals surface area (Å²) in [7, 11) is 0. The number of benzene rings is 1. The predicted molar refractivity (Wildman–Crippen MR) is 74.2 cm³/mol. The molecule has 1 aromatic rings. The Hall–Kier alpha value is -0.890. The molecular weight excluding hydrogens is 225 g/mol. The second kappa shape index (κ2) is 5.40. The van der Waals surface area contributed by atoms with Crippen molar-refractivity contribution in [3.63, 3.8) is 0 Å². The minimum atomic E-state index is -0.142. The molecule has 0 amide bonds. The lowest BCUT2D eigenvalue weighted by atomic mass is 9.59. The summed E-state index contributed by atoms with van der Waals surface area (Å²) in [6.45, 7) is 8.81. The fraction of sp³-hybridized carbons (Fsp3) is 0.625. The van der Waals surface area contributed by atoms with Gasteiger partial charge in [-0.15, -0.1) is 0 Å². The molecule has 0 bridgehead atoms. The lowest BCUT2D eigenvalue weighted by Gasteiger charge is -2.47. The van der Waals surface area contributed by atoms with Gasteiger partial charge in [0.15, 0.2) is 0 Å². The average molecular weight is 249 g/mol. The minimum Gasteiger partial charge on any atom is -0.316 e. The smallest absolute Gasteiger partial charge is 0.123 e. The second-order valence-electron chi connectivity index (χ2n) is 6.33. The van der Waals surface area contributed by atoms with Crippen LogP contribution in [0.1, 0.15) is 39.2 Å². The Labute approximate surface area is 110 Å². The Morgan fingerprint density at radius 2 is 1.89 bits per heavy atom. The molecule has 100 valence electrons. The topological polar surface area (TPSA) is 12.0 Å². The van der Waals surface area contributed by atoms with E-state index in [9.17, 15) is 4.39 Å². The molecule has 1 nitrogen and oxygen atoms in total. The highest BCUT2D eigenvalue weighted by Crippen LogP contribution is 2.47. The van der Waals surface area contributed by atoms with Gasteiger partial charge in [-0.25, -0.2) is 4.39 Å². The Bertz CT molecular complexity index is 377. The molecule has 0 atom stereocenters. The van der Waals surface area contributed by atoms with E-state index in [1.165, 1.54) is 18.4 Å². The normalized spacial score (nSPS) is 27.3. The van der Waals surface area contributed by atoms with E-state index in [0.717, 1.165) is 19.0 Å². The first-order valence-electron chi connectivity index (χ1n) is 6.98. The van der Waals surface area contributed by atoms with Crippen molar-refractivity contribution in [1.29, 1.82) is 0 Å². The van der Waals surface area contributed by atoms with Crippen molar-refractivity contribution in [3.05, 3.63) is 35.6 Å². The van der Waals surface area contributed by atoms with Crippen LogP contribution in [0.25, 0.3) is 0 Å². The molecule has 1 aromatic carbocycles. The fourth-order valence-corrected chi connectivity index (χ4v) is 3.16. The number of rotatable bonds is 5. The van der Waals surface area contributed by atoms with Gasteiger partial charge in [0.2, 0.25) is 0 Å². The summed E-state index contributed by atoms with van der Waals surface area (Å²) in [5.41, 5.74) is 1.53. The van der Waals surface area contributed by atoms with Crippen molar-refractivity contribution in [2.24, 2.45) is 11.8 Å². The molecule has 0 aliphatic heterocycles. The highest BCUT2D eigenvalue weighted by molar-refractivity contribution is 5.29. The van der Waals surface area contributed by atoms with Crippen LogP contribution < -0.4 is 5.32 Å². The summed E-state index contributed by atoms with van der Waals surface area (Å²) >= 11 is 0. The first-order chi connectivity index (χ1) is 8.52. The van der Waals surface area contributed by atoms with Crippen molar-refractivity contribution in [2.45, 2.75) is 39.0 Å². The molecule has 1 aliphatic rings. The van der Waals surface area contributed by atoms with Crippen molar-refractivity contribution >= 4 is 0 Å². The summed E-state index contributed by atoms with van der Waals surface area (Å²) in [4.78, 5) is 0. The molecule has 18 heavy (non-hydrogen) atoms. The Balaban J connectivity index is 2.05. The molecule has 0 radical (unpaired) electrons. The van der Waals surface area contributed by atoms with Gasteiger partial charge in [-0.2, -0.15) is 0 Å². The van der Waals surface area contributed by atoms with Crippen LogP contribution >= 0.6 is 0 Å². The maximum Gasteiger partial charge on any atom is 0.123 e. The van der Waals surface area contributed by atoms with Crippen molar-refractivity contribution in [3.8, 4) is 0 Å². The highest BCUT2D eigenvalue weighted by Gasteiger charge is 2.42. The van der Waals surface area contributed by atoms with E-state index >= 15 is 0 Å². The van der Waals surface area contributed by atoms with Gasteiger partial charge in [-0.1, -0.05) is 32.9 Å². The van der Waals surface area contributed by atoms with Gasteiger partial charge in [0.1, 0.15) is 5.82 Å².